The highest BCUT2D eigenvalue weighted by Gasteiger charge is 2.19. The summed E-state index contributed by atoms with van der Waals surface area (Å²) in [6.07, 6.45) is 3.09. The van der Waals surface area contributed by atoms with Crippen LogP contribution in [0.25, 0.3) is 0 Å². The third-order valence-electron chi connectivity index (χ3n) is 4.50. The van der Waals surface area contributed by atoms with E-state index in [1.54, 1.807) is 24.3 Å². The average Bonchev–Trinajstić information content (AvgIpc) is 2.60. The first-order valence-corrected chi connectivity index (χ1v) is 10.2. The number of sulfone groups is 1. The number of fused-ring (bicyclic) bond motifs is 1. The molecule has 0 bridgehead atoms. The number of anilines is 1. The zero-order valence-electron chi connectivity index (χ0n) is 14.8. The Morgan fingerprint density at radius 3 is 2.50 bits per heavy atom. The molecule has 1 unspecified atom stereocenters. The van der Waals surface area contributed by atoms with E-state index in [0.717, 1.165) is 36.2 Å². The van der Waals surface area contributed by atoms with Gasteiger partial charge in [-0.25, -0.2) is 8.42 Å². The molecule has 2 N–H and O–H groups in total. The highest BCUT2D eigenvalue weighted by Crippen LogP contribution is 2.26. The minimum absolute atomic E-state index is 0. The molecule has 1 aliphatic heterocycles. The minimum Gasteiger partial charge on any atom is -0.385 e. The topological polar surface area (TPSA) is 75.3 Å². The van der Waals surface area contributed by atoms with Crippen LogP contribution in [0, 0.1) is 0 Å². The maximum atomic E-state index is 12.7. The van der Waals surface area contributed by atoms with Gasteiger partial charge in [-0.15, -0.1) is 12.4 Å². The molecule has 2 aromatic carbocycles. The van der Waals surface area contributed by atoms with Gasteiger partial charge in [0.1, 0.15) is 0 Å². The predicted octanol–water partition coefficient (Wildman–Crippen LogP) is 3.36. The van der Waals surface area contributed by atoms with Crippen molar-refractivity contribution in [3.05, 3.63) is 59.2 Å². The van der Waals surface area contributed by atoms with E-state index in [9.17, 15) is 13.2 Å². The van der Waals surface area contributed by atoms with Crippen molar-refractivity contribution in [2.45, 2.75) is 30.7 Å². The Bertz CT molecular complexity index is 896. The molecule has 0 saturated heterocycles. The van der Waals surface area contributed by atoms with Gasteiger partial charge >= 0.3 is 0 Å². The van der Waals surface area contributed by atoms with Gasteiger partial charge in [-0.05, 0) is 55.2 Å². The Balaban J connectivity index is 0.00000243. The lowest BCUT2D eigenvalue weighted by Gasteiger charge is -2.22. The normalized spacial score (nSPS) is 14.4. The van der Waals surface area contributed by atoms with Crippen molar-refractivity contribution in [1.29, 1.82) is 0 Å². The first-order valence-electron chi connectivity index (χ1n) is 8.33. The molecular weight excluding hydrogens is 372 g/mol. The fourth-order valence-corrected chi connectivity index (χ4v) is 3.71. The van der Waals surface area contributed by atoms with Crippen molar-refractivity contribution in [1.82, 2.24) is 5.32 Å². The van der Waals surface area contributed by atoms with Gasteiger partial charge in [0.05, 0.1) is 10.9 Å². The second-order valence-corrected chi connectivity index (χ2v) is 8.41. The number of rotatable bonds is 4. The van der Waals surface area contributed by atoms with Gasteiger partial charge in [0.15, 0.2) is 9.84 Å². The Hall–Kier alpha value is -2.05. The molecule has 3 rings (SSSR count). The second-order valence-electron chi connectivity index (χ2n) is 6.40. The van der Waals surface area contributed by atoms with Crippen molar-refractivity contribution >= 4 is 33.8 Å². The molecule has 0 aromatic heterocycles. The highest BCUT2D eigenvalue weighted by atomic mass is 35.5. The van der Waals surface area contributed by atoms with Gasteiger partial charge in [-0.2, -0.15) is 0 Å². The van der Waals surface area contributed by atoms with E-state index in [0.29, 0.717) is 5.56 Å². The molecule has 0 saturated carbocycles. The summed E-state index contributed by atoms with van der Waals surface area (Å²) in [6, 6.07) is 12.1. The molecular formula is C19H23ClN2O3S. The number of carbonyl (C=O) groups excluding carboxylic acids is 1. The number of nitrogens with one attached hydrogen (secondary N) is 2. The van der Waals surface area contributed by atoms with Crippen molar-refractivity contribution in [2.75, 3.05) is 18.1 Å². The third kappa shape index (κ3) is 4.37. The molecule has 1 aliphatic rings. The molecule has 7 heteroatoms. The van der Waals surface area contributed by atoms with Gasteiger partial charge in [-0.3, -0.25) is 4.79 Å². The summed E-state index contributed by atoms with van der Waals surface area (Å²) in [5.41, 5.74) is 3.66. The van der Waals surface area contributed by atoms with Crippen molar-refractivity contribution in [3.63, 3.8) is 0 Å². The lowest BCUT2D eigenvalue weighted by molar-refractivity contribution is 0.0939. The molecule has 140 valence electrons. The fraction of sp³-hybridized carbons (Fsp3) is 0.316. The summed E-state index contributed by atoms with van der Waals surface area (Å²) in [6.45, 7) is 2.82. The smallest absolute Gasteiger partial charge is 0.252 e. The van der Waals surface area contributed by atoms with Gasteiger partial charge in [-0.1, -0.05) is 18.2 Å². The first kappa shape index (κ1) is 20.3. The number of amides is 1. The molecule has 26 heavy (non-hydrogen) atoms. The fourth-order valence-electron chi connectivity index (χ4n) is 3.08. The van der Waals surface area contributed by atoms with E-state index in [4.69, 9.17) is 0 Å². The van der Waals surface area contributed by atoms with Crippen LogP contribution in [0.2, 0.25) is 0 Å². The Kier molecular flexibility index (Phi) is 6.31. The van der Waals surface area contributed by atoms with E-state index in [1.165, 1.54) is 6.26 Å². The van der Waals surface area contributed by atoms with Crippen LogP contribution in [-0.4, -0.2) is 27.1 Å². The number of hydrogen-bond acceptors (Lipinski definition) is 4. The number of benzene rings is 2. The maximum Gasteiger partial charge on any atom is 0.252 e. The molecule has 2 aromatic rings. The van der Waals surface area contributed by atoms with E-state index in [1.807, 2.05) is 25.1 Å². The minimum atomic E-state index is -3.22. The standard InChI is InChI=1S/C19H22N2O3S.ClH/c1-13(14-8-10-15(11-9-14)25(2,23)24)21-19(22)17-5-3-7-18-16(17)6-4-12-20-18;/h3,5,7-11,13,20H,4,6,12H2,1-2H3,(H,21,22);1H. The number of hydrogen-bond donors (Lipinski definition) is 2. The molecule has 0 spiro atoms. The largest absolute Gasteiger partial charge is 0.385 e. The first-order chi connectivity index (χ1) is 11.9. The number of halogens is 1. The molecule has 0 aliphatic carbocycles. The monoisotopic (exact) mass is 394 g/mol. The van der Waals surface area contributed by atoms with Crippen LogP contribution in [0.15, 0.2) is 47.4 Å². The maximum absolute atomic E-state index is 12.7. The second kappa shape index (κ2) is 8.10. The molecule has 5 nitrogen and oxygen atoms in total. The zero-order chi connectivity index (χ0) is 18.0. The molecule has 0 fully saturated rings. The summed E-state index contributed by atoms with van der Waals surface area (Å²) >= 11 is 0. The lowest BCUT2D eigenvalue weighted by Crippen LogP contribution is -2.28. The summed E-state index contributed by atoms with van der Waals surface area (Å²) < 4.78 is 23.1. The van der Waals surface area contributed by atoms with E-state index >= 15 is 0 Å². The SMILES string of the molecule is CC(NC(=O)c1cccc2c1CCCN2)c1ccc(S(C)(=O)=O)cc1.Cl. The predicted molar refractivity (Wildman–Crippen MR) is 106 cm³/mol. The lowest BCUT2D eigenvalue weighted by atomic mass is 9.96. The Morgan fingerprint density at radius 1 is 1.15 bits per heavy atom. The van der Waals surface area contributed by atoms with Crippen molar-refractivity contribution in [3.8, 4) is 0 Å². The van der Waals surface area contributed by atoms with E-state index < -0.39 is 9.84 Å². The Labute approximate surface area is 160 Å². The van der Waals surface area contributed by atoms with Gasteiger partial charge in [0, 0.05) is 24.1 Å². The van der Waals surface area contributed by atoms with Crippen LogP contribution in [0.1, 0.15) is 40.9 Å². The van der Waals surface area contributed by atoms with Crippen LogP contribution in [0.5, 0.6) is 0 Å². The van der Waals surface area contributed by atoms with Gasteiger partial charge in [0.2, 0.25) is 0 Å². The van der Waals surface area contributed by atoms with Crippen LogP contribution in [0.3, 0.4) is 0 Å². The molecule has 1 atom stereocenters. The summed E-state index contributed by atoms with van der Waals surface area (Å²) in [5, 5.41) is 6.33. The quantitative estimate of drug-likeness (QED) is 0.833. The van der Waals surface area contributed by atoms with Crippen molar-refractivity contribution in [2.24, 2.45) is 0 Å². The summed E-state index contributed by atoms with van der Waals surface area (Å²) in [5.74, 6) is -0.111. The summed E-state index contributed by atoms with van der Waals surface area (Å²) in [7, 11) is -3.22. The average molecular weight is 395 g/mol. The molecule has 1 amide bonds. The highest BCUT2D eigenvalue weighted by molar-refractivity contribution is 7.90. The molecule has 0 radical (unpaired) electrons. The van der Waals surface area contributed by atoms with Crippen molar-refractivity contribution < 1.29 is 13.2 Å². The number of carbonyl (C=O) groups is 1. The van der Waals surface area contributed by atoms with Crippen LogP contribution in [0.4, 0.5) is 5.69 Å². The third-order valence-corrected chi connectivity index (χ3v) is 5.62. The molecule has 1 heterocycles. The van der Waals surface area contributed by atoms with E-state index in [2.05, 4.69) is 10.6 Å². The Morgan fingerprint density at radius 2 is 1.85 bits per heavy atom. The zero-order valence-corrected chi connectivity index (χ0v) is 16.4. The van der Waals surface area contributed by atoms with E-state index in [-0.39, 0.29) is 29.3 Å². The van der Waals surface area contributed by atoms with Crippen LogP contribution < -0.4 is 10.6 Å². The van der Waals surface area contributed by atoms with Crippen LogP contribution in [-0.2, 0) is 16.3 Å². The van der Waals surface area contributed by atoms with Gasteiger partial charge < -0.3 is 10.6 Å². The van der Waals surface area contributed by atoms with Crippen LogP contribution >= 0.6 is 12.4 Å². The summed E-state index contributed by atoms with van der Waals surface area (Å²) in [4.78, 5) is 13.0. The van der Waals surface area contributed by atoms with Gasteiger partial charge in [0.25, 0.3) is 5.91 Å².